The van der Waals surface area contributed by atoms with Crippen LogP contribution < -0.4 is 5.32 Å². The lowest BCUT2D eigenvalue weighted by Gasteiger charge is -2.30. The molecule has 0 bridgehead atoms. The smallest absolute Gasteiger partial charge is 0.405 e. The third kappa shape index (κ3) is 2.67. The molecule has 0 radical (unpaired) electrons. The molecule has 24 heavy (non-hydrogen) atoms. The van der Waals surface area contributed by atoms with Gasteiger partial charge in [-0.15, -0.1) is 0 Å². The highest BCUT2D eigenvalue weighted by Gasteiger charge is 2.35. The zero-order valence-electron chi connectivity index (χ0n) is 12.4. The maximum Gasteiger partial charge on any atom is 0.405 e. The van der Waals surface area contributed by atoms with Gasteiger partial charge in [-0.3, -0.25) is 4.79 Å². The molecule has 0 aliphatic heterocycles. The van der Waals surface area contributed by atoms with E-state index >= 15 is 0 Å². The highest BCUT2D eigenvalue weighted by Crippen LogP contribution is 2.33. The Morgan fingerprint density at radius 2 is 2.00 bits per heavy atom. The summed E-state index contributed by atoms with van der Waals surface area (Å²) in [4.78, 5) is 22.6. The maximum atomic E-state index is 14.0. The Labute approximate surface area is 136 Å². The number of carbonyl (C=O) groups excluding carboxylic acids is 1. The number of carboxylic acid groups (broad SMARTS) is 1. The quantitative estimate of drug-likeness (QED) is 0.670. The van der Waals surface area contributed by atoms with Crippen molar-refractivity contribution in [1.82, 2.24) is 5.32 Å². The fourth-order valence-corrected chi connectivity index (χ4v) is 2.93. The van der Waals surface area contributed by atoms with E-state index in [9.17, 15) is 18.4 Å². The average Bonchev–Trinajstić information content (AvgIpc) is 2.56. The van der Waals surface area contributed by atoms with Crippen molar-refractivity contribution in [2.75, 3.05) is 0 Å². The largest absolute Gasteiger partial charge is 0.465 e. The minimum absolute atomic E-state index is 0.107. The molecule has 122 valence electrons. The number of amides is 1. The van der Waals surface area contributed by atoms with E-state index in [1.807, 2.05) is 0 Å². The van der Waals surface area contributed by atoms with Crippen LogP contribution in [-0.4, -0.2) is 17.5 Å². The van der Waals surface area contributed by atoms with Crippen molar-refractivity contribution < 1.29 is 23.5 Å². The van der Waals surface area contributed by atoms with Gasteiger partial charge in [-0.1, -0.05) is 30.4 Å². The van der Waals surface area contributed by atoms with Gasteiger partial charge in [0.25, 0.3) is 0 Å². The molecule has 2 aromatic carbocycles. The van der Waals surface area contributed by atoms with Gasteiger partial charge in [0.1, 0.15) is 17.2 Å². The Morgan fingerprint density at radius 3 is 2.71 bits per heavy atom. The number of rotatable bonds is 3. The fourth-order valence-electron chi connectivity index (χ4n) is 2.93. The molecule has 2 aromatic rings. The summed E-state index contributed by atoms with van der Waals surface area (Å²) in [5.41, 5.74) is 0.229. The van der Waals surface area contributed by atoms with Crippen LogP contribution in [0.25, 0.3) is 11.1 Å². The molecule has 2 N–H and O–H groups in total. The van der Waals surface area contributed by atoms with Crippen molar-refractivity contribution in [2.24, 2.45) is 0 Å². The lowest BCUT2D eigenvalue weighted by Crippen LogP contribution is -2.46. The Hall–Kier alpha value is -3.02. The summed E-state index contributed by atoms with van der Waals surface area (Å²) in [7, 11) is 0. The van der Waals surface area contributed by atoms with Crippen LogP contribution in [0.5, 0.6) is 0 Å². The zero-order chi connectivity index (χ0) is 17.3. The summed E-state index contributed by atoms with van der Waals surface area (Å²) < 4.78 is 27.3. The number of nitrogens with one attached hydrogen (secondary N) is 1. The Balaban J connectivity index is 2.11. The van der Waals surface area contributed by atoms with Gasteiger partial charge in [-0.2, -0.15) is 0 Å². The second kappa shape index (κ2) is 5.88. The number of hydrogen-bond donors (Lipinski definition) is 2. The summed E-state index contributed by atoms with van der Waals surface area (Å²) in [6.45, 7) is 0. The minimum atomic E-state index is -1.47. The number of benzene rings is 2. The molecule has 0 saturated heterocycles. The highest BCUT2D eigenvalue weighted by atomic mass is 19.1. The molecule has 1 aliphatic rings. The van der Waals surface area contributed by atoms with Crippen molar-refractivity contribution in [1.29, 1.82) is 0 Å². The van der Waals surface area contributed by atoms with Gasteiger partial charge < -0.3 is 10.4 Å². The van der Waals surface area contributed by atoms with Crippen molar-refractivity contribution in [3.05, 3.63) is 71.3 Å². The predicted molar refractivity (Wildman–Crippen MR) is 83.5 cm³/mol. The van der Waals surface area contributed by atoms with Crippen LogP contribution in [0.4, 0.5) is 13.6 Å². The number of allylic oxidation sites excluding steroid dienone is 1. The van der Waals surface area contributed by atoms with E-state index in [2.05, 4.69) is 5.32 Å². The van der Waals surface area contributed by atoms with Gasteiger partial charge in [0.05, 0.1) is 0 Å². The summed E-state index contributed by atoms with van der Waals surface area (Å²) >= 11 is 0. The standard InChI is InChI=1S/C18H13F2NO3/c19-13-4-6-16(20)14(9-13)11-3-5-15-12(8-11)2-1-7-18(15,10-22)21-17(23)24/h1,3-10,21H,2H2,(H,23,24)/t18-/m1/s1. The molecule has 1 amide bonds. The minimum Gasteiger partial charge on any atom is -0.465 e. The number of aldehydes is 1. The van der Waals surface area contributed by atoms with E-state index in [0.29, 0.717) is 29.4 Å². The van der Waals surface area contributed by atoms with Crippen molar-refractivity contribution in [3.63, 3.8) is 0 Å². The molecule has 0 spiro atoms. The molecule has 6 heteroatoms. The first-order valence-electron chi connectivity index (χ1n) is 7.19. The van der Waals surface area contributed by atoms with E-state index < -0.39 is 23.3 Å². The van der Waals surface area contributed by atoms with Crippen LogP contribution in [0, 0.1) is 11.6 Å². The van der Waals surface area contributed by atoms with Gasteiger partial charge in [-0.25, -0.2) is 13.6 Å². The first-order chi connectivity index (χ1) is 11.4. The number of carbonyl (C=O) groups is 2. The molecular formula is C18H13F2NO3. The van der Waals surface area contributed by atoms with Crippen LogP contribution in [0.3, 0.4) is 0 Å². The van der Waals surface area contributed by atoms with E-state index in [-0.39, 0.29) is 5.56 Å². The molecule has 0 aromatic heterocycles. The highest BCUT2D eigenvalue weighted by molar-refractivity contribution is 5.81. The van der Waals surface area contributed by atoms with Crippen LogP contribution in [0.15, 0.2) is 48.6 Å². The third-order valence-electron chi connectivity index (χ3n) is 4.01. The van der Waals surface area contributed by atoms with Crippen molar-refractivity contribution in [2.45, 2.75) is 12.0 Å². The summed E-state index contributed by atoms with van der Waals surface area (Å²) in [5.74, 6) is -1.12. The Bertz CT molecular complexity index is 863. The molecule has 1 atom stereocenters. The van der Waals surface area contributed by atoms with Crippen LogP contribution >= 0.6 is 0 Å². The summed E-state index contributed by atoms with van der Waals surface area (Å²) in [6, 6.07) is 7.91. The lowest BCUT2D eigenvalue weighted by molar-refractivity contribution is -0.112. The molecule has 4 nitrogen and oxygen atoms in total. The van der Waals surface area contributed by atoms with E-state index in [1.165, 1.54) is 12.1 Å². The third-order valence-corrected chi connectivity index (χ3v) is 4.01. The summed E-state index contributed by atoms with van der Waals surface area (Å²) in [5, 5.41) is 11.2. The number of hydrogen-bond acceptors (Lipinski definition) is 2. The average molecular weight is 329 g/mol. The van der Waals surface area contributed by atoms with E-state index in [4.69, 9.17) is 5.11 Å². The molecular weight excluding hydrogens is 316 g/mol. The molecule has 0 unspecified atom stereocenters. The molecule has 0 fully saturated rings. The second-order valence-corrected chi connectivity index (χ2v) is 5.52. The molecule has 1 aliphatic carbocycles. The first kappa shape index (κ1) is 15.9. The molecule has 3 rings (SSSR count). The number of halogens is 2. The second-order valence-electron chi connectivity index (χ2n) is 5.52. The Kier molecular flexibility index (Phi) is 3.89. The maximum absolute atomic E-state index is 14.0. The van der Waals surface area contributed by atoms with E-state index in [1.54, 1.807) is 18.2 Å². The monoisotopic (exact) mass is 329 g/mol. The number of fused-ring (bicyclic) bond motifs is 1. The predicted octanol–water partition coefficient (Wildman–Crippen LogP) is 3.41. The van der Waals surface area contributed by atoms with Gasteiger partial charge in [-0.05, 0) is 41.3 Å². The topological polar surface area (TPSA) is 66.4 Å². The molecule has 0 saturated carbocycles. The summed E-state index contributed by atoms with van der Waals surface area (Å²) in [6.07, 6.45) is 2.78. The van der Waals surface area contributed by atoms with Gasteiger partial charge in [0, 0.05) is 5.56 Å². The van der Waals surface area contributed by atoms with Crippen LogP contribution in [-0.2, 0) is 16.8 Å². The van der Waals surface area contributed by atoms with Crippen LogP contribution in [0.2, 0.25) is 0 Å². The van der Waals surface area contributed by atoms with Crippen molar-refractivity contribution >= 4 is 12.4 Å². The first-order valence-corrected chi connectivity index (χ1v) is 7.19. The molecule has 0 heterocycles. The van der Waals surface area contributed by atoms with Crippen LogP contribution in [0.1, 0.15) is 11.1 Å². The SMILES string of the molecule is O=C[C@]1(NC(=O)O)C=CCc2cc(-c3cc(F)ccc3F)ccc21. The van der Waals surface area contributed by atoms with Crippen molar-refractivity contribution in [3.8, 4) is 11.1 Å². The normalized spacial score (nSPS) is 18.8. The fraction of sp³-hybridized carbons (Fsp3) is 0.111. The Morgan fingerprint density at radius 1 is 1.21 bits per heavy atom. The van der Waals surface area contributed by atoms with Gasteiger partial charge in [0.15, 0.2) is 6.29 Å². The van der Waals surface area contributed by atoms with E-state index in [0.717, 1.165) is 18.2 Å². The lowest BCUT2D eigenvalue weighted by atomic mass is 9.81. The van der Waals surface area contributed by atoms with Gasteiger partial charge in [0.2, 0.25) is 0 Å². The zero-order valence-corrected chi connectivity index (χ0v) is 12.4. The van der Waals surface area contributed by atoms with Gasteiger partial charge >= 0.3 is 6.09 Å².